The topological polar surface area (TPSA) is 104 Å². The zero-order valence-corrected chi connectivity index (χ0v) is 16.8. The highest BCUT2D eigenvalue weighted by atomic mass is 79.9. The summed E-state index contributed by atoms with van der Waals surface area (Å²) in [6, 6.07) is 13.2. The number of hydrogen-bond donors (Lipinski definition) is 0. The molecule has 3 heterocycles. The van der Waals surface area contributed by atoms with Crippen molar-refractivity contribution >= 4 is 33.2 Å². The average Bonchev–Trinajstić information content (AvgIpc) is 3.46. The van der Waals surface area contributed by atoms with Crippen LogP contribution in [-0.2, 0) is 22.6 Å². The van der Waals surface area contributed by atoms with Gasteiger partial charge in [0.25, 0.3) is 11.8 Å². The number of carbonyl (C=O) groups excluding carboxylic acids is 1. The lowest BCUT2D eigenvalue weighted by Gasteiger charge is -1.99. The molecule has 0 radical (unpaired) electrons. The third-order valence-electron chi connectivity index (χ3n) is 3.65. The number of nitrogens with zero attached hydrogens (tertiary/aromatic N) is 4. The van der Waals surface area contributed by atoms with Crippen molar-refractivity contribution in [3.05, 3.63) is 58.0 Å². The van der Waals surface area contributed by atoms with Crippen LogP contribution in [-0.4, -0.2) is 26.3 Å². The van der Waals surface area contributed by atoms with E-state index >= 15 is 0 Å². The molecule has 8 nitrogen and oxygen atoms in total. The summed E-state index contributed by atoms with van der Waals surface area (Å²) >= 11 is 4.85. The van der Waals surface area contributed by atoms with Gasteiger partial charge in [0.2, 0.25) is 11.7 Å². The Labute approximate surface area is 171 Å². The Morgan fingerprint density at radius 1 is 1.11 bits per heavy atom. The highest BCUT2D eigenvalue weighted by Gasteiger charge is 2.14. The van der Waals surface area contributed by atoms with Crippen molar-refractivity contribution in [3.63, 3.8) is 0 Å². The summed E-state index contributed by atoms with van der Waals surface area (Å²) in [7, 11) is 0. The number of aryl methyl sites for hydroxylation is 1. The van der Waals surface area contributed by atoms with Gasteiger partial charge in [-0.3, -0.25) is 4.79 Å². The van der Waals surface area contributed by atoms with Gasteiger partial charge in [0.05, 0.1) is 15.1 Å². The molecule has 28 heavy (non-hydrogen) atoms. The predicted molar refractivity (Wildman–Crippen MR) is 103 cm³/mol. The lowest BCUT2D eigenvalue weighted by Crippen LogP contribution is -2.06. The fourth-order valence-electron chi connectivity index (χ4n) is 2.33. The minimum Gasteiger partial charge on any atom is -0.456 e. The third kappa shape index (κ3) is 4.52. The summed E-state index contributed by atoms with van der Waals surface area (Å²) in [6.45, 7) is -0.0858. The van der Waals surface area contributed by atoms with Gasteiger partial charge in [0.15, 0.2) is 6.61 Å². The Kier molecular flexibility index (Phi) is 5.58. The molecule has 0 aliphatic heterocycles. The SMILES string of the molecule is O=C(CCc1nc(-c2ccccc2)no1)OCc1nnc(-c2ccc(Br)s2)o1. The zero-order valence-electron chi connectivity index (χ0n) is 14.4. The van der Waals surface area contributed by atoms with Crippen molar-refractivity contribution in [1.82, 2.24) is 20.3 Å². The van der Waals surface area contributed by atoms with E-state index in [2.05, 4.69) is 36.3 Å². The van der Waals surface area contributed by atoms with Crippen LogP contribution in [0.3, 0.4) is 0 Å². The minimum absolute atomic E-state index is 0.0858. The van der Waals surface area contributed by atoms with Crippen LogP contribution in [0.1, 0.15) is 18.2 Å². The number of aromatic nitrogens is 4. The molecule has 0 aliphatic rings. The van der Waals surface area contributed by atoms with E-state index in [1.165, 1.54) is 11.3 Å². The number of rotatable bonds is 7. The Morgan fingerprint density at radius 3 is 2.75 bits per heavy atom. The molecule has 0 saturated carbocycles. The molecule has 1 aromatic carbocycles. The number of esters is 1. The first-order chi connectivity index (χ1) is 13.7. The van der Waals surface area contributed by atoms with Crippen molar-refractivity contribution in [2.24, 2.45) is 0 Å². The Morgan fingerprint density at radius 2 is 1.96 bits per heavy atom. The smallest absolute Gasteiger partial charge is 0.306 e. The molecule has 3 aromatic heterocycles. The number of hydrogen-bond acceptors (Lipinski definition) is 9. The number of halogens is 1. The molecule has 0 saturated heterocycles. The van der Waals surface area contributed by atoms with Crippen LogP contribution >= 0.6 is 27.3 Å². The summed E-state index contributed by atoms with van der Waals surface area (Å²) in [5.41, 5.74) is 0.852. The van der Waals surface area contributed by atoms with Crippen molar-refractivity contribution < 1.29 is 18.5 Å². The molecular formula is C18H13BrN4O4S. The molecule has 0 bridgehead atoms. The molecule has 0 N–H and O–H groups in total. The van der Waals surface area contributed by atoms with E-state index < -0.39 is 5.97 Å². The maximum Gasteiger partial charge on any atom is 0.306 e. The third-order valence-corrected chi connectivity index (χ3v) is 5.26. The Balaban J connectivity index is 1.26. The summed E-state index contributed by atoms with van der Waals surface area (Å²) in [5.74, 6) is 1.07. The van der Waals surface area contributed by atoms with Gasteiger partial charge in [-0.15, -0.1) is 21.5 Å². The first-order valence-electron chi connectivity index (χ1n) is 8.29. The van der Waals surface area contributed by atoms with Gasteiger partial charge in [-0.05, 0) is 28.1 Å². The maximum absolute atomic E-state index is 11.9. The van der Waals surface area contributed by atoms with Crippen LogP contribution in [0.5, 0.6) is 0 Å². The number of carbonyl (C=O) groups is 1. The van der Waals surface area contributed by atoms with Gasteiger partial charge in [0.1, 0.15) is 0 Å². The van der Waals surface area contributed by atoms with Gasteiger partial charge < -0.3 is 13.7 Å². The molecule has 4 rings (SSSR count). The van der Waals surface area contributed by atoms with Crippen molar-refractivity contribution in [2.75, 3.05) is 0 Å². The highest BCUT2D eigenvalue weighted by Crippen LogP contribution is 2.30. The van der Waals surface area contributed by atoms with Crippen LogP contribution in [0.25, 0.3) is 22.2 Å². The normalized spacial score (nSPS) is 10.9. The molecule has 142 valence electrons. The Hall–Kier alpha value is -2.85. The molecule has 0 spiro atoms. The number of ether oxygens (including phenoxy) is 1. The second kappa shape index (κ2) is 8.44. The second-order valence-electron chi connectivity index (χ2n) is 5.64. The zero-order chi connectivity index (χ0) is 19.3. The largest absolute Gasteiger partial charge is 0.456 e. The standard InChI is InChI=1S/C18H13BrN4O4S/c19-13-7-6-12(28-13)18-22-21-15(26-18)10-25-16(24)9-8-14-20-17(23-27-14)11-4-2-1-3-5-11/h1-7H,8-10H2. The summed E-state index contributed by atoms with van der Waals surface area (Å²) in [4.78, 5) is 17.1. The lowest BCUT2D eigenvalue weighted by atomic mass is 10.2. The van der Waals surface area contributed by atoms with E-state index in [0.29, 0.717) is 17.6 Å². The van der Waals surface area contributed by atoms with E-state index in [-0.39, 0.29) is 25.3 Å². The van der Waals surface area contributed by atoms with E-state index in [1.807, 2.05) is 42.5 Å². The molecule has 0 aliphatic carbocycles. The van der Waals surface area contributed by atoms with Gasteiger partial charge in [0, 0.05) is 12.0 Å². The van der Waals surface area contributed by atoms with Crippen LogP contribution in [0.2, 0.25) is 0 Å². The van der Waals surface area contributed by atoms with Gasteiger partial charge in [-0.25, -0.2) is 0 Å². The monoisotopic (exact) mass is 460 g/mol. The molecule has 0 amide bonds. The van der Waals surface area contributed by atoms with Gasteiger partial charge in [-0.2, -0.15) is 4.98 Å². The van der Waals surface area contributed by atoms with Crippen LogP contribution in [0.15, 0.2) is 55.2 Å². The molecular weight excluding hydrogens is 448 g/mol. The van der Waals surface area contributed by atoms with Gasteiger partial charge in [-0.1, -0.05) is 35.5 Å². The summed E-state index contributed by atoms with van der Waals surface area (Å²) in [5, 5.41) is 11.8. The quantitative estimate of drug-likeness (QED) is 0.376. The second-order valence-corrected chi connectivity index (χ2v) is 8.11. The van der Waals surface area contributed by atoms with Gasteiger partial charge >= 0.3 is 5.97 Å². The molecule has 10 heteroatoms. The fourth-order valence-corrected chi connectivity index (χ4v) is 3.63. The maximum atomic E-state index is 11.9. The molecule has 0 unspecified atom stereocenters. The van der Waals surface area contributed by atoms with Crippen LogP contribution in [0.4, 0.5) is 0 Å². The average molecular weight is 461 g/mol. The Bertz CT molecular complexity index is 1080. The number of benzene rings is 1. The van der Waals surface area contributed by atoms with E-state index in [9.17, 15) is 4.79 Å². The first kappa shape index (κ1) is 18.5. The lowest BCUT2D eigenvalue weighted by molar-refractivity contribution is -0.145. The predicted octanol–water partition coefficient (Wildman–Crippen LogP) is 4.29. The van der Waals surface area contributed by atoms with Crippen molar-refractivity contribution in [2.45, 2.75) is 19.4 Å². The minimum atomic E-state index is -0.418. The van der Waals surface area contributed by atoms with E-state index in [1.54, 1.807) is 0 Å². The van der Waals surface area contributed by atoms with Crippen molar-refractivity contribution in [3.8, 4) is 22.2 Å². The molecule has 4 aromatic rings. The summed E-state index contributed by atoms with van der Waals surface area (Å²) in [6.07, 6.45) is 0.395. The fraction of sp³-hybridized carbons (Fsp3) is 0.167. The van der Waals surface area contributed by atoms with E-state index in [4.69, 9.17) is 13.7 Å². The first-order valence-corrected chi connectivity index (χ1v) is 9.90. The molecule has 0 fully saturated rings. The van der Waals surface area contributed by atoms with Crippen molar-refractivity contribution in [1.29, 1.82) is 0 Å². The number of thiophene rings is 1. The molecule has 0 atom stereocenters. The van der Waals surface area contributed by atoms with E-state index in [0.717, 1.165) is 14.2 Å². The van der Waals surface area contributed by atoms with Crippen LogP contribution < -0.4 is 0 Å². The highest BCUT2D eigenvalue weighted by molar-refractivity contribution is 9.11. The summed E-state index contributed by atoms with van der Waals surface area (Å²) < 4.78 is 16.8. The van der Waals surface area contributed by atoms with Crippen LogP contribution in [0, 0.1) is 0 Å².